The van der Waals surface area contributed by atoms with Gasteiger partial charge in [-0.2, -0.15) is 0 Å². The highest BCUT2D eigenvalue weighted by Crippen LogP contribution is 2.24. The minimum Gasteiger partial charge on any atom is -0.483 e. The number of carbonyl (C=O) groups excluding carboxylic acids is 2. The lowest BCUT2D eigenvalue weighted by Crippen LogP contribution is -2.34. The summed E-state index contributed by atoms with van der Waals surface area (Å²) >= 11 is 0. The Bertz CT molecular complexity index is 807. The van der Waals surface area contributed by atoms with E-state index in [1.807, 2.05) is 18.2 Å². The van der Waals surface area contributed by atoms with Gasteiger partial charge in [0.15, 0.2) is 6.61 Å². The van der Waals surface area contributed by atoms with Gasteiger partial charge in [0, 0.05) is 37.9 Å². The third kappa shape index (κ3) is 5.33. The standard InChI is InChI=1S/C22H26N2O4/c1-27-13-12-24-15-19-14-18(9-10-20(19)28-16-21(24)25)22(26)23-11-5-8-17-6-3-2-4-7-17/h2-4,6-7,9-10,14H,5,8,11-13,15-16H2,1H3,(H,23,26). The fraction of sp³-hybridized carbons (Fsp3) is 0.364. The Hall–Kier alpha value is -2.86. The highest BCUT2D eigenvalue weighted by molar-refractivity contribution is 5.94. The van der Waals surface area contributed by atoms with E-state index in [4.69, 9.17) is 9.47 Å². The first-order valence-corrected chi connectivity index (χ1v) is 9.52. The lowest BCUT2D eigenvalue weighted by Gasteiger charge is -2.19. The van der Waals surface area contributed by atoms with Gasteiger partial charge in [0.2, 0.25) is 0 Å². The van der Waals surface area contributed by atoms with Gasteiger partial charge in [0.1, 0.15) is 5.75 Å². The highest BCUT2D eigenvalue weighted by atomic mass is 16.5. The smallest absolute Gasteiger partial charge is 0.260 e. The second-order valence-electron chi connectivity index (χ2n) is 6.76. The third-order valence-corrected chi connectivity index (χ3v) is 4.72. The number of nitrogens with zero attached hydrogens (tertiary/aromatic N) is 1. The van der Waals surface area contributed by atoms with Crippen molar-refractivity contribution < 1.29 is 19.1 Å². The molecule has 2 amide bonds. The van der Waals surface area contributed by atoms with Gasteiger partial charge in [-0.1, -0.05) is 30.3 Å². The normalized spacial score (nSPS) is 13.5. The van der Waals surface area contributed by atoms with Gasteiger partial charge in [0.25, 0.3) is 11.8 Å². The second kappa shape index (κ2) is 9.90. The third-order valence-electron chi connectivity index (χ3n) is 4.72. The first kappa shape index (κ1) is 19.9. The Balaban J connectivity index is 1.57. The monoisotopic (exact) mass is 382 g/mol. The molecule has 0 fully saturated rings. The van der Waals surface area contributed by atoms with Crippen molar-refractivity contribution in [2.75, 3.05) is 33.4 Å². The Morgan fingerprint density at radius 1 is 1.21 bits per heavy atom. The van der Waals surface area contributed by atoms with Gasteiger partial charge < -0.3 is 19.7 Å². The molecular formula is C22H26N2O4. The molecule has 0 saturated carbocycles. The summed E-state index contributed by atoms with van der Waals surface area (Å²) in [6.07, 6.45) is 1.80. The summed E-state index contributed by atoms with van der Waals surface area (Å²) in [5.74, 6) is 0.448. The molecule has 0 bridgehead atoms. The Labute approximate surface area is 165 Å². The molecule has 0 unspecified atom stereocenters. The molecular weight excluding hydrogens is 356 g/mol. The Kier molecular flexibility index (Phi) is 7.03. The van der Waals surface area contributed by atoms with Crippen LogP contribution in [0.15, 0.2) is 48.5 Å². The predicted molar refractivity (Wildman–Crippen MR) is 106 cm³/mol. The van der Waals surface area contributed by atoms with Gasteiger partial charge >= 0.3 is 0 Å². The van der Waals surface area contributed by atoms with Crippen molar-refractivity contribution in [2.24, 2.45) is 0 Å². The van der Waals surface area contributed by atoms with Crippen LogP contribution in [-0.4, -0.2) is 50.1 Å². The van der Waals surface area contributed by atoms with Gasteiger partial charge in [0.05, 0.1) is 6.61 Å². The average molecular weight is 382 g/mol. The average Bonchev–Trinajstić information content (AvgIpc) is 2.88. The molecule has 0 spiro atoms. The second-order valence-corrected chi connectivity index (χ2v) is 6.76. The van der Waals surface area contributed by atoms with E-state index in [9.17, 15) is 9.59 Å². The number of rotatable bonds is 8. The summed E-state index contributed by atoms with van der Waals surface area (Å²) < 4.78 is 10.7. The summed E-state index contributed by atoms with van der Waals surface area (Å²) in [7, 11) is 1.60. The molecule has 1 N–H and O–H groups in total. The molecule has 1 aliphatic rings. The van der Waals surface area contributed by atoms with Crippen molar-refractivity contribution in [3.8, 4) is 5.75 Å². The summed E-state index contributed by atoms with van der Waals surface area (Å²) in [5.41, 5.74) is 2.67. The number of aryl methyl sites for hydroxylation is 1. The zero-order chi connectivity index (χ0) is 19.8. The highest BCUT2D eigenvalue weighted by Gasteiger charge is 2.22. The largest absolute Gasteiger partial charge is 0.483 e. The fourth-order valence-corrected chi connectivity index (χ4v) is 3.16. The van der Waals surface area contributed by atoms with Crippen molar-refractivity contribution in [2.45, 2.75) is 19.4 Å². The molecule has 3 rings (SSSR count). The van der Waals surface area contributed by atoms with Crippen LogP contribution in [-0.2, 0) is 22.5 Å². The first-order chi connectivity index (χ1) is 13.7. The molecule has 0 saturated heterocycles. The van der Waals surface area contributed by atoms with E-state index in [2.05, 4.69) is 17.4 Å². The number of carbonyl (C=O) groups is 2. The van der Waals surface area contributed by atoms with Crippen molar-refractivity contribution in [1.29, 1.82) is 0 Å². The molecule has 28 heavy (non-hydrogen) atoms. The number of amides is 2. The molecule has 0 aromatic heterocycles. The van der Waals surface area contributed by atoms with E-state index < -0.39 is 0 Å². The summed E-state index contributed by atoms with van der Waals surface area (Å²) in [6.45, 7) is 1.98. The van der Waals surface area contributed by atoms with Crippen LogP contribution >= 0.6 is 0 Å². The topological polar surface area (TPSA) is 67.9 Å². The van der Waals surface area contributed by atoms with Crippen LogP contribution in [0.3, 0.4) is 0 Å². The van der Waals surface area contributed by atoms with Gasteiger partial charge in [-0.3, -0.25) is 9.59 Å². The number of hydrogen-bond acceptors (Lipinski definition) is 4. The maximum Gasteiger partial charge on any atom is 0.260 e. The van der Waals surface area contributed by atoms with Crippen LogP contribution in [0.1, 0.15) is 27.9 Å². The van der Waals surface area contributed by atoms with Crippen LogP contribution in [0.2, 0.25) is 0 Å². The maximum atomic E-state index is 12.5. The van der Waals surface area contributed by atoms with Crippen LogP contribution in [0.25, 0.3) is 0 Å². The van der Waals surface area contributed by atoms with Crippen LogP contribution in [0.5, 0.6) is 5.75 Å². The summed E-state index contributed by atoms with van der Waals surface area (Å²) in [6, 6.07) is 15.5. The Morgan fingerprint density at radius 2 is 2.04 bits per heavy atom. The number of nitrogens with one attached hydrogen (secondary N) is 1. The number of hydrogen-bond donors (Lipinski definition) is 1. The number of benzene rings is 2. The minimum atomic E-state index is -0.116. The molecule has 1 aliphatic heterocycles. The van der Waals surface area contributed by atoms with E-state index in [1.165, 1.54) is 5.56 Å². The lowest BCUT2D eigenvalue weighted by molar-refractivity contribution is -0.133. The predicted octanol–water partition coefficient (Wildman–Crippen LogP) is 2.42. The molecule has 0 radical (unpaired) electrons. The fourth-order valence-electron chi connectivity index (χ4n) is 3.16. The van der Waals surface area contributed by atoms with E-state index >= 15 is 0 Å². The molecule has 2 aromatic carbocycles. The number of methoxy groups -OCH3 is 1. The van der Waals surface area contributed by atoms with E-state index in [1.54, 1.807) is 30.2 Å². The van der Waals surface area contributed by atoms with E-state index in [0.29, 0.717) is 37.6 Å². The number of fused-ring (bicyclic) bond motifs is 1. The van der Waals surface area contributed by atoms with Gasteiger partial charge in [-0.05, 0) is 36.6 Å². The molecule has 0 atom stereocenters. The van der Waals surface area contributed by atoms with Crippen molar-refractivity contribution in [1.82, 2.24) is 10.2 Å². The zero-order valence-corrected chi connectivity index (χ0v) is 16.1. The summed E-state index contributed by atoms with van der Waals surface area (Å²) in [5, 5.41) is 2.97. The molecule has 148 valence electrons. The van der Waals surface area contributed by atoms with Crippen molar-refractivity contribution in [3.63, 3.8) is 0 Å². The molecule has 2 aromatic rings. The summed E-state index contributed by atoms with van der Waals surface area (Å²) in [4.78, 5) is 26.3. The van der Waals surface area contributed by atoms with Gasteiger partial charge in [-0.15, -0.1) is 0 Å². The van der Waals surface area contributed by atoms with Crippen molar-refractivity contribution >= 4 is 11.8 Å². The SMILES string of the molecule is COCCN1Cc2cc(C(=O)NCCCc3ccccc3)ccc2OCC1=O. The molecule has 6 nitrogen and oxygen atoms in total. The van der Waals surface area contributed by atoms with Crippen LogP contribution < -0.4 is 10.1 Å². The number of ether oxygens (including phenoxy) is 2. The van der Waals surface area contributed by atoms with E-state index in [0.717, 1.165) is 18.4 Å². The zero-order valence-electron chi connectivity index (χ0n) is 16.1. The van der Waals surface area contributed by atoms with E-state index in [-0.39, 0.29) is 18.4 Å². The van der Waals surface area contributed by atoms with Crippen LogP contribution in [0, 0.1) is 0 Å². The quantitative estimate of drug-likeness (QED) is 0.712. The van der Waals surface area contributed by atoms with Gasteiger partial charge in [-0.25, -0.2) is 0 Å². The first-order valence-electron chi connectivity index (χ1n) is 9.52. The minimum absolute atomic E-state index is 0.00173. The maximum absolute atomic E-state index is 12.5. The lowest BCUT2D eigenvalue weighted by atomic mass is 10.1. The molecule has 6 heteroatoms. The van der Waals surface area contributed by atoms with Crippen molar-refractivity contribution in [3.05, 3.63) is 65.2 Å². The molecule has 1 heterocycles. The Morgan fingerprint density at radius 3 is 2.82 bits per heavy atom. The van der Waals surface area contributed by atoms with Crippen LogP contribution in [0.4, 0.5) is 0 Å². The molecule has 0 aliphatic carbocycles.